The highest BCUT2D eigenvalue weighted by atomic mass is 16.4. The van der Waals surface area contributed by atoms with Crippen molar-refractivity contribution in [1.29, 1.82) is 0 Å². The third kappa shape index (κ3) is 1.36. The van der Waals surface area contributed by atoms with E-state index in [9.17, 15) is 4.79 Å². The molecule has 2 fully saturated rings. The summed E-state index contributed by atoms with van der Waals surface area (Å²) in [5, 5.41) is 9.13. The number of hydrogen-bond donors (Lipinski definition) is 1. The van der Waals surface area contributed by atoms with Crippen LogP contribution in [-0.4, -0.2) is 11.1 Å². The van der Waals surface area contributed by atoms with E-state index < -0.39 is 5.97 Å². The monoisotopic (exact) mass is 182 g/mol. The van der Waals surface area contributed by atoms with Gasteiger partial charge in [-0.2, -0.15) is 0 Å². The molecule has 0 aliphatic heterocycles. The van der Waals surface area contributed by atoms with Crippen molar-refractivity contribution in [1.82, 2.24) is 0 Å². The van der Waals surface area contributed by atoms with Crippen LogP contribution in [0.3, 0.4) is 0 Å². The van der Waals surface area contributed by atoms with Crippen LogP contribution in [0.4, 0.5) is 0 Å². The maximum absolute atomic E-state index is 11.1. The number of carboxylic acids is 1. The Balaban J connectivity index is 2.08. The molecule has 0 aromatic heterocycles. The molecule has 0 aromatic carbocycles. The van der Waals surface area contributed by atoms with Crippen molar-refractivity contribution in [3.63, 3.8) is 0 Å². The second kappa shape index (κ2) is 2.49. The van der Waals surface area contributed by atoms with Crippen molar-refractivity contribution in [2.75, 3.05) is 0 Å². The fourth-order valence-electron chi connectivity index (χ4n) is 2.84. The zero-order chi connectivity index (χ0) is 9.69. The summed E-state index contributed by atoms with van der Waals surface area (Å²) in [6.45, 7) is 4.51. The lowest BCUT2D eigenvalue weighted by molar-refractivity contribution is -0.145. The first-order valence-corrected chi connectivity index (χ1v) is 5.20. The van der Waals surface area contributed by atoms with Gasteiger partial charge in [-0.05, 0) is 43.4 Å². The van der Waals surface area contributed by atoms with Crippen LogP contribution in [0.2, 0.25) is 0 Å². The van der Waals surface area contributed by atoms with Crippen LogP contribution in [0.25, 0.3) is 0 Å². The molecule has 0 amide bonds. The quantitative estimate of drug-likeness (QED) is 0.713. The lowest BCUT2D eigenvalue weighted by atomic mass is 9.83. The van der Waals surface area contributed by atoms with Crippen LogP contribution in [-0.2, 0) is 4.79 Å². The van der Waals surface area contributed by atoms with Crippen molar-refractivity contribution >= 4 is 5.97 Å². The molecule has 0 saturated heterocycles. The van der Waals surface area contributed by atoms with Gasteiger partial charge < -0.3 is 5.11 Å². The molecule has 2 saturated carbocycles. The summed E-state index contributed by atoms with van der Waals surface area (Å²) < 4.78 is 0. The van der Waals surface area contributed by atoms with Crippen molar-refractivity contribution in [3.8, 4) is 0 Å². The van der Waals surface area contributed by atoms with E-state index >= 15 is 0 Å². The summed E-state index contributed by atoms with van der Waals surface area (Å²) in [6, 6.07) is 0. The van der Waals surface area contributed by atoms with Gasteiger partial charge in [0, 0.05) is 0 Å². The first kappa shape index (κ1) is 9.04. The summed E-state index contributed by atoms with van der Waals surface area (Å²) in [6.07, 6.45) is 5.28. The third-order valence-corrected chi connectivity index (χ3v) is 3.96. The second-order valence-corrected chi connectivity index (χ2v) is 5.57. The van der Waals surface area contributed by atoms with Crippen LogP contribution in [0, 0.1) is 16.7 Å². The van der Waals surface area contributed by atoms with Crippen LogP contribution in [0.5, 0.6) is 0 Å². The molecule has 0 radical (unpaired) electrons. The van der Waals surface area contributed by atoms with Gasteiger partial charge in [-0.3, -0.25) is 4.79 Å². The van der Waals surface area contributed by atoms with Crippen LogP contribution in [0.15, 0.2) is 0 Å². The van der Waals surface area contributed by atoms with Crippen LogP contribution >= 0.6 is 0 Å². The van der Waals surface area contributed by atoms with Crippen LogP contribution < -0.4 is 0 Å². The summed E-state index contributed by atoms with van der Waals surface area (Å²) in [5.74, 6) is -0.0878. The predicted molar refractivity (Wildman–Crippen MR) is 50.4 cm³/mol. The highest BCUT2D eigenvalue weighted by Gasteiger charge is 2.58. The van der Waals surface area contributed by atoms with Gasteiger partial charge in [0.1, 0.15) is 0 Å². The molecule has 2 nitrogen and oxygen atoms in total. The van der Waals surface area contributed by atoms with E-state index in [1.807, 2.05) is 0 Å². The third-order valence-electron chi connectivity index (χ3n) is 3.96. The molecule has 13 heavy (non-hydrogen) atoms. The van der Waals surface area contributed by atoms with Gasteiger partial charge in [-0.25, -0.2) is 0 Å². The van der Waals surface area contributed by atoms with Gasteiger partial charge in [-0.1, -0.05) is 13.8 Å². The minimum atomic E-state index is -0.546. The van der Waals surface area contributed by atoms with E-state index in [1.54, 1.807) is 0 Å². The molecule has 0 bridgehead atoms. The molecule has 2 heteroatoms. The average Bonchev–Trinajstić information content (AvgIpc) is 2.73. The Hall–Kier alpha value is -0.530. The van der Waals surface area contributed by atoms with Gasteiger partial charge in [0.2, 0.25) is 0 Å². The summed E-state index contributed by atoms with van der Waals surface area (Å²) in [7, 11) is 0. The van der Waals surface area contributed by atoms with E-state index in [0.717, 1.165) is 25.7 Å². The minimum Gasteiger partial charge on any atom is -0.481 e. The number of rotatable bonds is 2. The van der Waals surface area contributed by atoms with E-state index in [0.29, 0.717) is 11.3 Å². The van der Waals surface area contributed by atoms with Gasteiger partial charge in [0.05, 0.1) is 5.41 Å². The molecule has 2 aliphatic carbocycles. The molecule has 0 aromatic rings. The lowest BCUT2D eigenvalue weighted by Gasteiger charge is -2.21. The Labute approximate surface area is 79.3 Å². The maximum atomic E-state index is 11.1. The molecule has 74 valence electrons. The maximum Gasteiger partial charge on any atom is 0.309 e. The first-order valence-electron chi connectivity index (χ1n) is 5.20. The Morgan fingerprint density at radius 3 is 2.23 bits per heavy atom. The fourth-order valence-corrected chi connectivity index (χ4v) is 2.84. The molecule has 1 unspecified atom stereocenters. The smallest absolute Gasteiger partial charge is 0.309 e. The predicted octanol–water partition coefficient (Wildman–Crippen LogP) is 2.68. The number of carbonyl (C=O) groups is 1. The van der Waals surface area contributed by atoms with Gasteiger partial charge >= 0.3 is 5.97 Å². The first-order chi connectivity index (χ1) is 5.96. The topological polar surface area (TPSA) is 37.3 Å². The molecular weight excluding hydrogens is 164 g/mol. The van der Waals surface area contributed by atoms with Crippen molar-refractivity contribution in [3.05, 3.63) is 0 Å². The number of hydrogen-bond acceptors (Lipinski definition) is 1. The van der Waals surface area contributed by atoms with Crippen molar-refractivity contribution < 1.29 is 9.90 Å². The zero-order valence-electron chi connectivity index (χ0n) is 8.47. The van der Waals surface area contributed by atoms with Gasteiger partial charge in [0.15, 0.2) is 0 Å². The number of aliphatic carboxylic acids is 1. The molecule has 1 N–H and O–H groups in total. The average molecular weight is 182 g/mol. The fraction of sp³-hybridized carbons (Fsp3) is 0.909. The van der Waals surface area contributed by atoms with Gasteiger partial charge in [0.25, 0.3) is 0 Å². The number of carboxylic acid groups (broad SMARTS) is 1. The normalized spacial score (nSPS) is 34.5. The highest BCUT2D eigenvalue weighted by molar-refractivity contribution is 5.78. The molecule has 1 atom stereocenters. The Kier molecular flexibility index (Phi) is 1.73. The minimum absolute atomic E-state index is 0.298. The van der Waals surface area contributed by atoms with E-state index in [2.05, 4.69) is 13.8 Å². The summed E-state index contributed by atoms with van der Waals surface area (Å²) >= 11 is 0. The van der Waals surface area contributed by atoms with E-state index in [-0.39, 0.29) is 5.41 Å². The SMILES string of the molecule is CC1(C)CCC(C2(C(=O)O)CC2)C1. The zero-order valence-corrected chi connectivity index (χ0v) is 8.47. The second-order valence-electron chi connectivity index (χ2n) is 5.57. The molecule has 2 rings (SSSR count). The van der Waals surface area contributed by atoms with E-state index in [1.165, 1.54) is 6.42 Å². The van der Waals surface area contributed by atoms with E-state index in [4.69, 9.17) is 5.11 Å². The van der Waals surface area contributed by atoms with Crippen molar-refractivity contribution in [2.45, 2.75) is 46.0 Å². The van der Waals surface area contributed by atoms with Crippen LogP contribution in [0.1, 0.15) is 46.0 Å². The van der Waals surface area contributed by atoms with Gasteiger partial charge in [-0.15, -0.1) is 0 Å². The Morgan fingerprint density at radius 2 is 1.92 bits per heavy atom. The lowest BCUT2D eigenvalue weighted by Crippen LogP contribution is -2.24. The molecule has 2 aliphatic rings. The standard InChI is InChI=1S/C11H18O2/c1-10(2)4-3-8(7-10)11(5-6-11)9(12)13/h8H,3-7H2,1-2H3,(H,12,13). The highest BCUT2D eigenvalue weighted by Crippen LogP contribution is 2.60. The largest absolute Gasteiger partial charge is 0.481 e. The Bertz CT molecular complexity index is 238. The summed E-state index contributed by atoms with van der Waals surface area (Å²) in [4.78, 5) is 11.1. The molecule has 0 spiro atoms. The Morgan fingerprint density at radius 1 is 1.31 bits per heavy atom. The molecular formula is C11H18O2. The summed E-state index contributed by atoms with van der Waals surface area (Å²) in [5.41, 5.74) is 0.0868. The molecule has 0 heterocycles. The van der Waals surface area contributed by atoms with Crippen molar-refractivity contribution in [2.24, 2.45) is 16.7 Å².